The largest absolute Gasteiger partial charge is 0.497 e. The lowest BCUT2D eigenvalue weighted by molar-refractivity contribution is -0.116. The second-order valence-electron chi connectivity index (χ2n) is 8.72. The number of hydrogen-bond acceptors (Lipinski definition) is 7. The van der Waals surface area contributed by atoms with Crippen LogP contribution in [0.15, 0.2) is 65.6 Å². The molecular formula is C29H26N2O7. The molecule has 0 saturated carbocycles. The Kier molecular flexibility index (Phi) is 6.74. The zero-order valence-electron chi connectivity index (χ0n) is 21.2. The third-order valence-corrected chi connectivity index (χ3v) is 6.44. The quantitative estimate of drug-likeness (QED) is 0.352. The number of rotatable bonds is 8. The Morgan fingerprint density at radius 1 is 0.974 bits per heavy atom. The Labute approximate surface area is 218 Å². The van der Waals surface area contributed by atoms with Crippen molar-refractivity contribution >= 4 is 28.3 Å². The molecule has 5 rings (SSSR count). The van der Waals surface area contributed by atoms with Crippen LogP contribution in [0.5, 0.6) is 23.0 Å². The molecule has 1 N–H and O–H groups in total. The van der Waals surface area contributed by atoms with E-state index in [0.717, 1.165) is 12.0 Å². The number of amides is 1. The number of aryl methyl sites for hydroxylation is 1. The number of aromatic nitrogens is 1. The molecule has 0 unspecified atom stereocenters. The van der Waals surface area contributed by atoms with Crippen LogP contribution in [0.3, 0.4) is 0 Å². The number of benzene rings is 3. The second kappa shape index (κ2) is 10.3. The summed E-state index contributed by atoms with van der Waals surface area (Å²) in [5, 5.41) is 3.08. The summed E-state index contributed by atoms with van der Waals surface area (Å²) in [5.41, 5.74) is 1.86. The van der Waals surface area contributed by atoms with E-state index >= 15 is 0 Å². The van der Waals surface area contributed by atoms with Crippen LogP contribution in [0, 0.1) is 0 Å². The van der Waals surface area contributed by atoms with E-state index in [4.69, 9.17) is 18.9 Å². The van der Waals surface area contributed by atoms with Gasteiger partial charge in [-0.05, 0) is 30.2 Å². The molecule has 1 aromatic heterocycles. The summed E-state index contributed by atoms with van der Waals surface area (Å²) in [6.07, 6.45) is 2.26. The number of nitrogens with one attached hydrogen (secondary N) is 1. The lowest BCUT2D eigenvalue weighted by atomic mass is 10.0. The van der Waals surface area contributed by atoms with Crippen molar-refractivity contribution in [1.82, 2.24) is 4.57 Å². The van der Waals surface area contributed by atoms with E-state index in [1.807, 2.05) is 19.1 Å². The van der Waals surface area contributed by atoms with Gasteiger partial charge >= 0.3 is 0 Å². The minimum Gasteiger partial charge on any atom is -0.497 e. The highest BCUT2D eigenvalue weighted by atomic mass is 16.7. The first kappa shape index (κ1) is 24.9. The van der Waals surface area contributed by atoms with Crippen LogP contribution >= 0.6 is 0 Å². The zero-order valence-corrected chi connectivity index (χ0v) is 21.2. The molecular weight excluding hydrogens is 488 g/mol. The van der Waals surface area contributed by atoms with Crippen molar-refractivity contribution in [1.29, 1.82) is 0 Å². The molecule has 0 bridgehead atoms. The Hall–Kier alpha value is -4.79. The van der Waals surface area contributed by atoms with E-state index in [0.29, 0.717) is 39.8 Å². The molecule has 9 heteroatoms. The average Bonchev–Trinajstić information content (AvgIpc) is 3.41. The highest BCUT2D eigenvalue weighted by Gasteiger charge is 2.22. The standard InChI is InChI=1S/C29H26N2O7/c1-4-17-5-7-18(8-6-17)28(33)21-14-31(23-13-26-25(37-16-38-26)12-20(23)29(21)34)15-27(32)30-22-10-9-19(35-2)11-24(22)36-3/h5-14H,4,15-16H2,1-3H3,(H,30,32). The van der Waals surface area contributed by atoms with Crippen LogP contribution in [0.4, 0.5) is 5.69 Å². The molecule has 0 radical (unpaired) electrons. The van der Waals surface area contributed by atoms with Gasteiger partial charge in [0.15, 0.2) is 17.3 Å². The van der Waals surface area contributed by atoms with Crippen LogP contribution in [-0.4, -0.2) is 37.3 Å². The van der Waals surface area contributed by atoms with Crippen LogP contribution in [0.2, 0.25) is 0 Å². The first-order chi connectivity index (χ1) is 18.4. The predicted molar refractivity (Wildman–Crippen MR) is 142 cm³/mol. The van der Waals surface area contributed by atoms with Crippen molar-refractivity contribution in [3.8, 4) is 23.0 Å². The van der Waals surface area contributed by atoms with E-state index < -0.39 is 11.2 Å². The number of hydrogen-bond donors (Lipinski definition) is 1. The van der Waals surface area contributed by atoms with Crippen LogP contribution < -0.4 is 29.7 Å². The number of carbonyl (C=O) groups excluding carboxylic acids is 2. The minimum atomic E-state index is -0.448. The molecule has 0 saturated heterocycles. The predicted octanol–water partition coefficient (Wildman–Crippen LogP) is 4.18. The third-order valence-electron chi connectivity index (χ3n) is 6.44. The van der Waals surface area contributed by atoms with Crippen molar-refractivity contribution < 1.29 is 28.5 Å². The number of pyridine rings is 1. The summed E-state index contributed by atoms with van der Waals surface area (Å²) in [6, 6.07) is 15.4. The van der Waals surface area contributed by atoms with Crippen molar-refractivity contribution in [2.45, 2.75) is 19.9 Å². The molecule has 1 aliphatic heterocycles. The monoisotopic (exact) mass is 514 g/mol. The van der Waals surface area contributed by atoms with E-state index in [-0.39, 0.29) is 30.2 Å². The van der Waals surface area contributed by atoms with Gasteiger partial charge in [0.2, 0.25) is 18.1 Å². The molecule has 0 atom stereocenters. The number of carbonyl (C=O) groups is 2. The van der Waals surface area contributed by atoms with Gasteiger partial charge in [-0.25, -0.2) is 0 Å². The molecule has 194 valence electrons. The maximum atomic E-state index is 13.5. The molecule has 0 aliphatic carbocycles. The van der Waals surface area contributed by atoms with Gasteiger partial charge in [-0.3, -0.25) is 14.4 Å². The Bertz CT molecular complexity index is 1610. The summed E-state index contributed by atoms with van der Waals surface area (Å²) in [5.74, 6) is 1.06. The minimum absolute atomic E-state index is 0.0210. The van der Waals surface area contributed by atoms with Crippen molar-refractivity contribution in [3.63, 3.8) is 0 Å². The fraction of sp³-hybridized carbons (Fsp3) is 0.207. The summed E-state index contributed by atoms with van der Waals surface area (Å²) in [4.78, 5) is 40.0. The van der Waals surface area contributed by atoms with Gasteiger partial charge in [0, 0.05) is 23.9 Å². The number of nitrogens with zero attached hydrogens (tertiary/aromatic N) is 1. The van der Waals surface area contributed by atoms with Crippen molar-refractivity contribution in [3.05, 3.63) is 87.7 Å². The van der Waals surface area contributed by atoms with Gasteiger partial charge in [0.05, 0.1) is 36.4 Å². The van der Waals surface area contributed by atoms with Gasteiger partial charge < -0.3 is 28.8 Å². The number of ketones is 1. The lowest BCUT2D eigenvalue weighted by Gasteiger charge is -2.15. The maximum absolute atomic E-state index is 13.5. The number of methoxy groups -OCH3 is 2. The highest BCUT2D eigenvalue weighted by Crippen LogP contribution is 2.35. The smallest absolute Gasteiger partial charge is 0.244 e. The summed E-state index contributed by atoms with van der Waals surface area (Å²) in [6.45, 7) is 1.86. The zero-order chi connectivity index (χ0) is 26.8. The van der Waals surface area contributed by atoms with E-state index in [9.17, 15) is 14.4 Å². The molecule has 1 aliphatic rings. The molecule has 9 nitrogen and oxygen atoms in total. The number of anilines is 1. The first-order valence-corrected chi connectivity index (χ1v) is 12.0. The van der Waals surface area contributed by atoms with Crippen LogP contribution in [0.25, 0.3) is 10.9 Å². The molecule has 0 fully saturated rings. The Morgan fingerprint density at radius 2 is 1.71 bits per heavy atom. The third kappa shape index (κ3) is 4.66. The van der Waals surface area contributed by atoms with Crippen LogP contribution in [0.1, 0.15) is 28.4 Å². The molecule has 3 aromatic carbocycles. The van der Waals surface area contributed by atoms with E-state index in [1.165, 1.54) is 20.4 Å². The molecule has 2 heterocycles. The van der Waals surface area contributed by atoms with E-state index in [2.05, 4.69) is 5.32 Å². The van der Waals surface area contributed by atoms with Gasteiger partial charge in [-0.15, -0.1) is 0 Å². The fourth-order valence-corrected chi connectivity index (χ4v) is 4.37. The summed E-state index contributed by atoms with van der Waals surface area (Å²) < 4.78 is 23.1. The van der Waals surface area contributed by atoms with Crippen molar-refractivity contribution in [2.75, 3.05) is 26.3 Å². The number of fused-ring (bicyclic) bond motifs is 2. The van der Waals surface area contributed by atoms with Crippen molar-refractivity contribution in [2.24, 2.45) is 0 Å². The fourth-order valence-electron chi connectivity index (χ4n) is 4.37. The normalized spacial score (nSPS) is 11.9. The first-order valence-electron chi connectivity index (χ1n) is 12.0. The second-order valence-corrected chi connectivity index (χ2v) is 8.72. The Morgan fingerprint density at radius 3 is 2.39 bits per heavy atom. The highest BCUT2D eigenvalue weighted by molar-refractivity contribution is 6.10. The van der Waals surface area contributed by atoms with Gasteiger partial charge in [0.1, 0.15) is 18.0 Å². The lowest BCUT2D eigenvalue weighted by Crippen LogP contribution is -2.24. The molecule has 4 aromatic rings. The average molecular weight is 515 g/mol. The molecule has 0 spiro atoms. The van der Waals surface area contributed by atoms with Crippen LogP contribution in [-0.2, 0) is 17.8 Å². The molecule has 1 amide bonds. The topological polar surface area (TPSA) is 105 Å². The Balaban J connectivity index is 1.55. The number of ether oxygens (including phenoxy) is 4. The van der Waals surface area contributed by atoms with Gasteiger partial charge in [0.25, 0.3) is 0 Å². The molecule has 38 heavy (non-hydrogen) atoms. The van der Waals surface area contributed by atoms with Gasteiger partial charge in [-0.1, -0.05) is 31.2 Å². The van der Waals surface area contributed by atoms with Gasteiger partial charge in [-0.2, -0.15) is 0 Å². The maximum Gasteiger partial charge on any atom is 0.244 e. The summed E-state index contributed by atoms with van der Waals surface area (Å²) >= 11 is 0. The summed E-state index contributed by atoms with van der Waals surface area (Å²) in [7, 11) is 3.03. The van der Waals surface area contributed by atoms with E-state index in [1.54, 1.807) is 47.0 Å². The SMILES string of the molecule is CCc1ccc(C(=O)c2cn(CC(=O)Nc3ccc(OC)cc3OC)c3cc4c(cc3c2=O)OCO4)cc1.